The number of ketones is 1. The number of esters is 1. The Hall–Kier alpha value is -2.58. The predicted molar refractivity (Wildman–Crippen MR) is 110 cm³/mol. The lowest BCUT2D eigenvalue weighted by Gasteiger charge is -2.23. The van der Waals surface area contributed by atoms with E-state index < -0.39 is 5.97 Å². The van der Waals surface area contributed by atoms with Crippen LogP contribution in [0.1, 0.15) is 40.5 Å². The number of amides is 1. The lowest BCUT2D eigenvalue weighted by Crippen LogP contribution is -2.33. The lowest BCUT2D eigenvalue weighted by molar-refractivity contribution is -0.152. The van der Waals surface area contributed by atoms with Crippen LogP contribution < -0.4 is 0 Å². The van der Waals surface area contributed by atoms with Crippen molar-refractivity contribution in [1.29, 1.82) is 0 Å². The maximum atomic E-state index is 12.4. The number of thiophene rings is 1. The molecule has 1 aromatic carbocycles. The zero-order chi connectivity index (χ0) is 20.1. The normalized spacial score (nSPS) is 11.9. The monoisotopic (exact) mass is 416 g/mol. The second-order valence-corrected chi connectivity index (χ2v) is 8.27. The van der Waals surface area contributed by atoms with Gasteiger partial charge >= 0.3 is 5.97 Å². The molecule has 3 aromatic rings. The number of carbonyl (C=O) groups is 3. The molecule has 8 heteroatoms. The molecule has 0 aliphatic carbocycles. The van der Waals surface area contributed by atoms with Crippen molar-refractivity contribution in [2.45, 2.75) is 25.8 Å². The standard InChI is InChI=1S/C20H20N2O4S2/c1-13(20-21-14-6-3-4-7-16(14)28-20)22(2)18(24)12-26-19(25)10-9-15(23)17-8-5-11-27-17/h3-8,11,13H,9-10,12H2,1-2H3/t13-/m1/s1. The van der Waals surface area contributed by atoms with Crippen LogP contribution in [0, 0.1) is 0 Å². The summed E-state index contributed by atoms with van der Waals surface area (Å²) in [6.45, 7) is 1.54. The molecule has 0 aliphatic heterocycles. The van der Waals surface area contributed by atoms with Gasteiger partial charge in [-0.15, -0.1) is 22.7 Å². The van der Waals surface area contributed by atoms with Gasteiger partial charge in [0.1, 0.15) is 5.01 Å². The predicted octanol–water partition coefficient (Wildman–Crippen LogP) is 4.08. The van der Waals surface area contributed by atoms with Crippen LogP contribution in [0.2, 0.25) is 0 Å². The van der Waals surface area contributed by atoms with E-state index in [1.165, 1.54) is 27.6 Å². The van der Waals surface area contributed by atoms with E-state index in [9.17, 15) is 14.4 Å². The zero-order valence-electron chi connectivity index (χ0n) is 15.6. The molecule has 28 heavy (non-hydrogen) atoms. The average molecular weight is 417 g/mol. The summed E-state index contributed by atoms with van der Waals surface area (Å²) in [6.07, 6.45) is 0.0344. The molecule has 3 rings (SSSR count). The first kappa shape index (κ1) is 20.2. The molecule has 0 aliphatic rings. The summed E-state index contributed by atoms with van der Waals surface area (Å²) in [5, 5.41) is 2.64. The van der Waals surface area contributed by atoms with Gasteiger partial charge in [0.05, 0.1) is 27.6 Å². The topological polar surface area (TPSA) is 76.6 Å². The highest BCUT2D eigenvalue weighted by molar-refractivity contribution is 7.18. The first-order chi connectivity index (χ1) is 13.5. The molecule has 2 aromatic heterocycles. The number of hydrogen-bond acceptors (Lipinski definition) is 7. The summed E-state index contributed by atoms with van der Waals surface area (Å²) in [4.78, 5) is 42.8. The molecule has 1 amide bonds. The maximum Gasteiger partial charge on any atom is 0.306 e. The van der Waals surface area contributed by atoms with E-state index in [-0.39, 0.29) is 37.2 Å². The van der Waals surface area contributed by atoms with Gasteiger partial charge in [0, 0.05) is 13.5 Å². The highest BCUT2D eigenvalue weighted by Gasteiger charge is 2.22. The Bertz CT molecular complexity index is 948. The summed E-state index contributed by atoms with van der Waals surface area (Å²) in [6, 6.07) is 11.1. The van der Waals surface area contributed by atoms with E-state index in [4.69, 9.17) is 4.74 Å². The SMILES string of the molecule is C[C@H](c1nc2ccccc2s1)N(C)C(=O)COC(=O)CCC(=O)c1cccs1. The van der Waals surface area contributed by atoms with E-state index in [2.05, 4.69) is 4.98 Å². The molecule has 0 bridgehead atoms. The van der Waals surface area contributed by atoms with Gasteiger partial charge in [0.15, 0.2) is 12.4 Å². The molecule has 0 fully saturated rings. The van der Waals surface area contributed by atoms with Crippen molar-refractivity contribution in [2.75, 3.05) is 13.7 Å². The fourth-order valence-electron chi connectivity index (χ4n) is 2.54. The molecule has 0 saturated carbocycles. The molecule has 0 spiro atoms. The molecule has 0 N–H and O–H groups in total. The third-order valence-corrected chi connectivity index (χ3v) is 6.47. The molecule has 0 radical (unpaired) electrons. The number of benzene rings is 1. The van der Waals surface area contributed by atoms with Crippen molar-refractivity contribution in [3.63, 3.8) is 0 Å². The van der Waals surface area contributed by atoms with Crippen LogP contribution in [-0.4, -0.2) is 41.2 Å². The van der Waals surface area contributed by atoms with Gasteiger partial charge in [-0.25, -0.2) is 4.98 Å². The number of fused-ring (bicyclic) bond motifs is 1. The molecule has 0 saturated heterocycles. The summed E-state index contributed by atoms with van der Waals surface area (Å²) < 4.78 is 6.10. The fourth-order valence-corrected chi connectivity index (χ4v) is 4.30. The summed E-state index contributed by atoms with van der Waals surface area (Å²) >= 11 is 2.88. The number of likely N-dealkylation sites (N-methyl/N-ethyl adjacent to an activating group) is 1. The van der Waals surface area contributed by atoms with Crippen LogP contribution in [0.4, 0.5) is 0 Å². The third kappa shape index (κ3) is 4.82. The van der Waals surface area contributed by atoms with Crippen LogP contribution >= 0.6 is 22.7 Å². The number of thiazole rings is 1. The van der Waals surface area contributed by atoms with E-state index in [0.29, 0.717) is 4.88 Å². The van der Waals surface area contributed by atoms with E-state index >= 15 is 0 Å². The molecule has 146 valence electrons. The molecule has 1 atom stereocenters. The van der Waals surface area contributed by atoms with Crippen LogP contribution in [0.5, 0.6) is 0 Å². The third-order valence-electron chi connectivity index (χ3n) is 4.35. The van der Waals surface area contributed by atoms with Crippen molar-refractivity contribution < 1.29 is 19.1 Å². The lowest BCUT2D eigenvalue weighted by atomic mass is 10.2. The van der Waals surface area contributed by atoms with Gasteiger partial charge in [-0.1, -0.05) is 18.2 Å². The minimum Gasteiger partial charge on any atom is -0.456 e. The smallest absolute Gasteiger partial charge is 0.306 e. The number of rotatable bonds is 8. The Labute approximate surface area is 170 Å². The van der Waals surface area contributed by atoms with Crippen molar-refractivity contribution in [3.05, 3.63) is 51.7 Å². The quantitative estimate of drug-likeness (QED) is 0.408. The first-order valence-electron chi connectivity index (χ1n) is 8.79. The van der Waals surface area contributed by atoms with Gasteiger partial charge in [-0.05, 0) is 30.5 Å². The van der Waals surface area contributed by atoms with Crippen LogP contribution in [0.25, 0.3) is 10.2 Å². The largest absolute Gasteiger partial charge is 0.456 e. The van der Waals surface area contributed by atoms with Crippen LogP contribution in [0.15, 0.2) is 41.8 Å². The molecular weight excluding hydrogens is 396 g/mol. The van der Waals surface area contributed by atoms with Gasteiger partial charge in [0.25, 0.3) is 5.91 Å². The van der Waals surface area contributed by atoms with Crippen LogP contribution in [0.3, 0.4) is 0 Å². The van der Waals surface area contributed by atoms with E-state index in [0.717, 1.165) is 15.2 Å². The Balaban J connectivity index is 1.48. The number of hydrogen-bond donors (Lipinski definition) is 0. The van der Waals surface area contributed by atoms with Gasteiger partial charge in [0.2, 0.25) is 0 Å². The average Bonchev–Trinajstić information content (AvgIpc) is 3.38. The van der Waals surface area contributed by atoms with E-state index in [1.54, 1.807) is 19.2 Å². The fraction of sp³-hybridized carbons (Fsp3) is 0.300. The minimum atomic E-state index is -0.556. The number of nitrogens with zero attached hydrogens (tertiary/aromatic N) is 2. The summed E-state index contributed by atoms with van der Waals surface area (Å²) in [5.41, 5.74) is 0.900. The van der Waals surface area contributed by atoms with Crippen molar-refractivity contribution in [1.82, 2.24) is 9.88 Å². The molecule has 0 unspecified atom stereocenters. The first-order valence-corrected chi connectivity index (χ1v) is 10.5. The highest BCUT2D eigenvalue weighted by Crippen LogP contribution is 2.28. The Kier molecular flexibility index (Phi) is 6.53. The Morgan fingerprint density at radius 1 is 1.14 bits per heavy atom. The van der Waals surface area contributed by atoms with Gasteiger partial charge < -0.3 is 9.64 Å². The number of para-hydroxylation sites is 1. The maximum absolute atomic E-state index is 12.4. The second-order valence-electron chi connectivity index (χ2n) is 6.26. The Morgan fingerprint density at radius 3 is 2.64 bits per heavy atom. The molecule has 6 nitrogen and oxygen atoms in total. The zero-order valence-corrected chi connectivity index (χ0v) is 17.2. The number of carbonyl (C=O) groups excluding carboxylic acids is 3. The summed E-state index contributed by atoms with van der Waals surface area (Å²) in [7, 11) is 1.66. The molecular formula is C20H20N2O4S2. The second kappa shape index (κ2) is 9.07. The minimum absolute atomic E-state index is 0.0405. The van der Waals surface area contributed by atoms with Crippen molar-refractivity contribution >= 4 is 50.5 Å². The number of Topliss-reactive ketones (excluding diaryl/α,β-unsaturated/α-hetero) is 1. The van der Waals surface area contributed by atoms with Crippen molar-refractivity contribution in [3.8, 4) is 0 Å². The number of aromatic nitrogens is 1. The van der Waals surface area contributed by atoms with Crippen LogP contribution in [-0.2, 0) is 14.3 Å². The van der Waals surface area contributed by atoms with Crippen molar-refractivity contribution in [2.24, 2.45) is 0 Å². The van der Waals surface area contributed by atoms with E-state index in [1.807, 2.05) is 36.6 Å². The summed E-state index contributed by atoms with van der Waals surface area (Å²) in [5.74, 6) is -0.969. The Morgan fingerprint density at radius 2 is 1.93 bits per heavy atom. The highest BCUT2D eigenvalue weighted by atomic mass is 32.1. The number of ether oxygens (including phenoxy) is 1. The molecule has 2 heterocycles. The van der Waals surface area contributed by atoms with Gasteiger partial charge in [-0.3, -0.25) is 14.4 Å². The van der Waals surface area contributed by atoms with Gasteiger partial charge in [-0.2, -0.15) is 0 Å².